The number of thiazole rings is 1. The van der Waals surface area contributed by atoms with Crippen LogP contribution in [0.4, 0.5) is 0 Å². The third-order valence-corrected chi connectivity index (χ3v) is 3.18. The third kappa shape index (κ3) is 3.18. The molecule has 16 heavy (non-hydrogen) atoms. The first-order chi connectivity index (χ1) is 7.88. The monoisotopic (exact) mass is 235 g/mol. The lowest BCUT2D eigenvalue weighted by Gasteiger charge is -2.01. The summed E-state index contributed by atoms with van der Waals surface area (Å²) in [4.78, 5) is 4.25. The minimum absolute atomic E-state index is 0.942. The molecule has 2 aromatic rings. The molecule has 0 aromatic carbocycles. The number of nitrogens with one attached hydrogen (secondary N) is 1. The van der Waals surface area contributed by atoms with Crippen molar-refractivity contribution >= 4 is 11.3 Å². The zero-order valence-electron chi connectivity index (χ0n) is 9.52. The molecule has 2 heterocycles. The SMILES string of the molecule is CCn1ccc(CNCCc2cscn2)c1. The van der Waals surface area contributed by atoms with Crippen molar-refractivity contribution in [2.45, 2.75) is 26.4 Å². The molecule has 0 aliphatic heterocycles. The smallest absolute Gasteiger partial charge is 0.0794 e. The molecule has 0 aliphatic rings. The summed E-state index contributed by atoms with van der Waals surface area (Å²) in [7, 11) is 0. The van der Waals surface area contributed by atoms with E-state index in [0.717, 1.165) is 26.1 Å². The zero-order valence-corrected chi connectivity index (χ0v) is 10.3. The van der Waals surface area contributed by atoms with E-state index in [1.165, 1.54) is 11.3 Å². The summed E-state index contributed by atoms with van der Waals surface area (Å²) in [6.45, 7) is 5.12. The zero-order chi connectivity index (χ0) is 11.2. The Labute approximate surface area is 100 Å². The molecule has 0 amide bonds. The van der Waals surface area contributed by atoms with Gasteiger partial charge in [-0.2, -0.15) is 0 Å². The second-order valence-corrected chi connectivity index (χ2v) is 4.48. The van der Waals surface area contributed by atoms with Gasteiger partial charge >= 0.3 is 0 Å². The van der Waals surface area contributed by atoms with Gasteiger partial charge in [0.1, 0.15) is 0 Å². The Balaban J connectivity index is 1.68. The molecule has 0 aliphatic carbocycles. The predicted molar refractivity (Wildman–Crippen MR) is 67.6 cm³/mol. The Morgan fingerprint density at radius 3 is 3.12 bits per heavy atom. The summed E-state index contributed by atoms with van der Waals surface area (Å²) in [5.41, 5.74) is 4.42. The van der Waals surface area contributed by atoms with E-state index < -0.39 is 0 Å². The lowest BCUT2D eigenvalue weighted by Crippen LogP contribution is -2.16. The van der Waals surface area contributed by atoms with Crippen molar-refractivity contribution in [3.63, 3.8) is 0 Å². The van der Waals surface area contributed by atoms with E-state index in [1.54, 1.807) is 11.3 Å². The van der Waals surface area contributed by atoms with Crippen LogP contribution in [0, 0.1) is 0 Å². The normalized spacial score (nSPS) is 10.8. The van der Waals surface area contributed by atoms with Crippen LogP contribution in [0.2, 0.25) is 0 Å². The molecular formula is C12H17N3S. The Morgan fingerprint density at radius 1 is 1.50 bits per heavy atom. The van der Waals surface area contributed by atoms with Crippen LogP contribution in [0.3, 0.4) is 0 Å². The van der Waals surface area contributed by atoms with Gasteiger partial charge in [-0.15, -0.1) is 11.3 Å². The van der Waals surface area contributed by atoms with Crippen LogP contribution < -0.4 is 5.32 Å². The highest BCUT2D eigenvalue weighted by molar-refractivity contribution is 7.07. The first-order valence-corrected chi connectivity index (χ1v) is 6.55. The van der Waals surface area contributed by atoms with Crippen molar-refractivity contribution in [2.75, 3.05) is 6.54 Å². The van der Waals surface area contributed by atoms with Crippen LogP contribution in [-0.4, -0.2) is 16.1 Å². The van der Waals surface area contributed by atoms with Crippen molar-refractivity contribution in [2.24, 2.45) is 0 Å². The highest BCUT2D eigenvalue weighted by Crippen LogP contribution is 2.02. The maximum atomic E-state index is 4.25. The molecule has 2 rings (SSSR count). The van der Waals surface area contributed by atoms with Crippen LogP contribution in [0.5, 0.6) is 0 Å². The summed E-state index contributed by atoms with van der Waals surface area (Å²) >= 11 is 1.66. The van der Waals surface area contributed by atoms with Gasteiger partial charge in [0.25, 0.3) is 0 Å². The van der Waals surface area contributed by atoms with Crippen molar-refractivity contribution in [3.05, 3.63) is 40.6 Å². The summed E-state index contributed by atoms with van der Waals surface area (Å²) in [6, 6.07) is 2.17. The number of aryl methyl sites for hydroxylation is 1. The molecule has 0 spiro atoms. The fourth-order valence-electron chi connectivity index (χ4n) is 1.60. The maximum absolute atomic E-state index is 4.25. The quantitative estimate of drug-likeness (QED) is 0.779. The molecule has 3 nitrogen and oxygen atoms in total. The van der Waals surface area contributed by atoms with E-state index in [1.807, 2.05) is 5.51 Å². The van der Waals surface area contributed by atoms with Gasteiger partial charge < -0.3 is 9.88 Å². The molecule has 2 aromatic heterocycles. The number of aromatic nitrogens is 2. The van der Waals surface area contributed by atoms with Crippen molar-refractivity contribution in [1.82, 2.24) is 14.9 Å². The van der Waals surface area contributed by atoms with Gasteiger partial charge in [-0.25, -0.2) is 4.98 Å². The van der Waals surface area contributed by atoms with Crippen LogP contribution >= 0.6 is 11.3 Å². The van der Waals surface area contributed by atoms with Crippen LogP contribution in [0.15, 0.2) is 29.4 Å². The number of hydrogen-bond acceptors (Lipinski definition) is 3. The van der Waals surface area contributed by atoms with Gasteiger partial charge in [-0.05, 0) is 18.6 Å². The molecule has 0 saturated heterocycles. The second-order valence-electron chi connectivity index (χ2n) is 3.76. The Kier molecular flexibility index (Phi) is 4.13. The van der Waals surface area contributed by atoms with E-state index in [2.05, 4.69) is 45.6 Å². The lowest BCUT2D eigenvalue weighted by molar-refractivity contribution is 0.678. The summed E-state index contributed by atoms with van der Waals surface area (Å²) < 4.78 is 2.19. The fourth-order valence-corrected chi connectivity index (χ4v) is 2.19. The average molecular weight is 235 g/mol. The standard InChI is InChI=1S/C12H17N3S/c1-2-15-6-4-11(8-15)7-13-5-3-12-9-16-10-14-12/h4,6,8-10,13H,2-3,5,7H2,1H3. The van der Waals surface area contributed by atoms with Gasteiger partial charge in [0.05, 0.1) is 11.2 Å². The summed E-state index contributed by atoms with van der Waals surface area (Å²) in [6.07, 6.45) is 5.32. The highest BCUT2D eigenvalue weighted by Gasteiger charge is 1.97. The number of nitrogens with zero attached hydrogens (tertiary/aromatic N) is 2. The van der Waals surface area contributed by atoms with E-state index in [9.17, 15) is 0 Å². The predicted octanol–water partition coefficient (Wildman–Crippen LogP) is 2.30. The molecule has 86 valence electrons. The molecule has 0 saturated carbocycles. The summed E-state index contributed by atoms with van der Waals surface area (Å²) in [5.74, 6) is 0. The van der Waals surface area contributed by atoms with Crippen molar-refractivity contribution in [3.8, 4) is 0 Å². The topological polar surface area (TPSA) is 29.9 Å². The van der Waals surface area contributed by atoms with Gasteiger partial charge in [-0.3, -0.25) is 0 Å². The van der Waals surface area contributed by atoms with E-state index >= 15 is 0 Å². The Morgan fingerprint density at radius 2 is 2.44 bits per heavy atom. The molecule has 4 heteroatoms. The summed E-state index contributed by atoms with van der Waals surface area (Å²) in [5, 5.41) is 5.54. The molecule has 0 fully saturated rings. The Bertz CT molecular complexity index is 406. The van der Waals surface area contributed by atoms with Gasteiger partial charge in [0.15, 0.2) is 0 Å². The van der Waals surface area contributed by atoms with Crippen molar-refractivity contribution < 1.29 is 0 Å². The first-order valence-electron chi connectivity index (χ1n) is 5.61. The van der Waals surface area contributed by atoms with E-state index in [4.69, 9.17) is 0 Å². The maximum Gasteiger partial charge on any atom is 0.0794 e. The van der Waals surface area contributed by atoms with E-state index in [0.29, 0.717) is 0 Å². The first kappa shape index (κ1) is 11.4. The molecule has 1 N–H and O–H groups in total. The van der Waals surface area contributed by atoms with Crippen LogP contribution in [-0.2, 0) is 19.5 Å². The van der Waals surface area contributed by atoms with Crippen LogP contribution in [0.25, 0.3) is 0 Å². The van der Waals surface area contributed by atoms with E-state index in [-0.39, 0.29) is 0 Å². The molecular weight excluding hydrogens is 218 g/mol. The number of hydrogen-bond donors (Lipinski definition) is 1. The molecule has 0 bridgehead atoms. The molecule has 0 atom stereocenters. The minimum atomic E-state index is 0.942. The van der Waals surface area contributed by atoms with Gasteiger partial charge in [-0.1, -0.05) is 0 Å². The third-order valence-electron chi connectivity index (χ3n) is 2.55. The fraction of sp³-hybridized carbons (Fsp3) is 0.417. The average Bonchev–Trinajstić information content (AvgIpc) is 2.95. The van der Waals surface area contributed by atoms with Gasteiger partial charge in [0.2, 0.25) is 0 Å². The lowest BCUT2D eigenvalue weighted by atomic mass is 10.3. The molecule has 0 unspecified atom stereocenters. The molecule has 0 radical (unpaired) electrons. The van der Waals surface area contributed by atoms with Gasteiger partial charge in [0, 0.05) is 43.8 Å². The van der Waals surface area contributed by atoms with Crippen molar-refractivity contribution in [1.29, 1.82) is 0 Å². The minimum Gasteiger partial charge on any atom is -0.354 e. The largest absolute Gasteiger partial charge is 0.354 e. The Hall–Kier alpha value is -1.13. The number of rotatable bonds is 6. The second kappa shape index (κ2) is 5.82. The highest BCUT2D eigenvalue weighted by atomic mass is 32.1. The van der Waals surface area contributed by atoms with Crippen LogP contribution in [0.1, 0.15) is 18.2 Å².